The topological polar surface area (TPSA) is 188 Å². The van der Waals surface area contributed by atoms with E-state index in [0.717, 1.165) is 40.8 Å². The minimum Gasteiger partial charge on any atom is -0.385 e. The van der Waals surface area contributed by atoms with Gasteiger partial charge in [-0.1, -0.05) is 114 Å². The van der Waals surface area contributed by atoms with Gasteiger partial charge in [0.25, 0.3) is 0 Å². The van der Waals surface area contributed by atoms with Crippen LogP contribution >= 0.6 is 0 Å². The molecule has 0 saturated heterocycles. The quantitative estimate of drug-likeness (QED) is 0.0723. The van der Waals surface area contributed by atoms with Gasteiger partial charge < -0.3 is 18.6 Å². The molecule has 2 atom stereocenters. The van der Waals surface area contributed by atoms with Gasteiger partial charge in [0.15, 0.2) is 5.82 Å². The Balaban J connectivity index is 1.40. The van der Waals surface area contributed by atoms with Crippen LogP contribution in [-0.2, 0) is 38.2 Å². The van der Waals surface area contributed by atoms with Crippen LogP contribution in [0.15, 0.2) is 82.9 Å². The van der Waals surface area contributed by atoms with E-state index in [9.17, 15) is 18.5 Å². The molecule has 396 valence electrons. The fraction of sp³-hybridized carbons (Fsp3) is 0.474. The maximum absolute atomic E-state index is 14.0. The van der Waals surface area contributed by atoms with E-state index in [1.54, 1.807) is 18.2 Å². The summed E-state index contributed by atoms with van der Waals surface area (Å²) < 4.78 is 46.3. The first-order valence-electron chi connectivity index (χ1n) is 25.2. The summed E-state index contributed by atoms with van der Waals surface area (Å²) >= 11 is -4.18. The predicted molar refractivity (Wildman–Crippen MR) is 304 cm³/mol. The highest BCUT2D eigenvalue weighted by atomic mass is 32.2. The highest BCUT2D eigenvalue weighted by molar-refractivity contribution is 7.82. The standard InChI is InChI=1S/C57H76N10O5S2/c1-18-66(27-19-26-58)44-24-25-45(46(33-44)59-38(4)68)60-49-50(55(11,12)13)62-67-52(49)61-51(63-67)39-28-42(64-73(69)71-47-30-40(22-20-36(47)2)56(14,15)34-53(5,6)7)32-43(29-39)65-74(70)72-48-31-41(23-21-37(48)3)57(16,17)35-54(8,9)10/h20-25,28-33,64-65H,18-19,27,34-35H2,1-17H3,(H,59,68). The highest BCUT2D eigenvalue weighted by Gasteiger charge is 2.36. The number of hydrogen-bond acceptors (Lipinski definition) is 11. The zero-order valence-electron chi connectivity index (χ0n) is 46.5. The van der Waals surface area contributed by atoms with Gasteiger partial charge in [-0.2, -0.15) is 18.8 Å². The number of nitrogens with one attached hydrogen (secondary N) is 3. The van der Waals surface area contributed by atoms with Crippen molar-refractivity contribution in [3.63, 3.8) is 0 Å². The summed E-state index contributed by atoms with van der Waals surface area (Å²) in [5.74, 6) is 1.29. The van der Waals surface area contributed by atoms with Gasteiger partial charge >= 0.3 is 22.5 Å². The van der Waals surface area contributed by atoms with E-state index in [2.05, 4.69) is 107 Å². The molecular weight excluding hydrogens is 969 g/mol. The fourth-order valence-corrected chi connectivity index (χ4v) is 11.1. The molecule has 3 N–H and O–H groups in total. The van der Waals surface area contributed by atoms with Crippen molar-refractivity contribution in [1.82, 2.24) is 14.9 Å². The minimum absolute atomic E-state index is 0.0807. The number of nitriles is 1. The van der Waals surface area contributed by atoms with Crippen LogP contribution in [-0.4, -0.2) is 53.7 Å². The maximum Gasteiger partial charge on any atom is 0.316 e. The number of benzene rings is 4. The lowest BCUT2D eigenvalue weighted by atomic mass is 9.72. The number of anilines is 4. The SMILES string of the molecule is CCN(CCC#N)c1ccc(N=C2C(C(C)(C)C)=Nn3nc(-c4cc(NS(=O)Oc5cc(C(C)(C)CC(C)(C)C)ccc5C)cc(NS(=O)Oc5cc(C(C)(C)CC(C)(C)C)ccc5C)c4)nc32)c(NC(C)=O)c1. The van der Waals surface area contributed by atoms with Crippen LogP contribution < -0.4 is 28.0 Å². The number of rotatable bonds is 19. The zero-order valence-corrected chi connectivity index (χ0v) is 48.1. The van der Waals surface area contributed by atoms with Gasteiger partial charge in [0.05, 0.1) is 41.0 Å². The lowest BCUT2D eigenvalue weighted by Crippen LogP contribution is -2.27. The van der Waals surface area contributed by atoms with Crippen LogP contribution in [0.3, 0.4) is 0 Å². The molecule has 0 fully saturated rings. The Kier molecular flexibility index (Phi) is 17.1. The molecule has 6 rings (SSSR count). The number of hydrogen-bond donors (Lipinski definition) is 3. The normalized spacial score (nSPS) is 14.4. The number of aromatic nitrogens is 3. The lowest BCUT2D eigenvalue weighted by Gasteiger charge is -2.33. The second kappa shape index (κ2) is 22.2. The molecule has 1 aliphatic heterocycles. The molecule has 4 aromatic carbocycles. The Morgan fingerprint density at radius 2 is 1.28 bits per heavy atom. The Bertz CT molecular complexity index is 2940. The third kappa shape index (κ3) is 14.7. The van der Waals surface area contributed by atoms with Crippen molar-refractivity contribution in [2.24, 2.45) is 26.3 Å². The van der Waals surface area contributed by atoms with E-state index in [1.807, 2.05) is 84.0 Å². The second-order valence-corrected chi connectivity index (χ2v) is 25.7. The second-order valence-electron chi connectivity index (χ2n) is 24.0. The summed E-state index contributed by atoms with van der Waals surface area (Å²) in [6.07, 6.45) is 2.20. The van der Waals surface area contributed by atoms with E-state index in [0.29, 0.717) is 76.6 Å². The van der Waals surface area contributed by atoms with Gasteiger partial charge in [-0.25, -0.2) is 9.98 Å². The van der Waals surface area contributed by atoms with Gasteiger partial charge in [-0.15, -0.1) is 9.89 Å². The van der Waals surface area contributed by atoms with Crippen molar-refractivity contribution >= 4 is 68.3 Å². The molecule has 17 heteroatoms. The zero-order chi connectivity index (χ0) is 54.7. The van der Waals surface area contributed by atoms with Gasteiger partial charge in [-0.05, 0) is 126 Å². The molecule has 0 spiro atoms. The van der Waals surface area contributed by atoms with Crippen molar-refractivity contribution in [1.29, 1.82) is 5.26 Å². The predicted octanol–water partition coefficient (Wildman–Crippen LogP) is 13.2. The number of amides is 1. The molecule has 0 bridgehead atoms. The first-order chi connectivity index (χ1) is 34.3. The van der Waals surface area contributed by atoms with Gasteiger partial charge in [0.1, 0.15) is 17.2 Å². The fourth-order valence-electron chi connectivity index (χ4n) is 9.73. The number of aliphatic imine (C=N–C) groups is 1. The summed E-state index contributed by atoms with van der Waals surface area (Å²) in [4.78, 5) is 26.2. The van der Waals surface area contributed by atoms with Gasteiger partial charge in [0.2, 0.25) is 11.7 Å². The smallest absolute Gasteiger partial charge is 0.316 e. The lowest BCUT2D eigenvalue weighted by molar-refractivity contribution is -0.114. The third-order valence-corrected chi connectivity index (χ3v) is 14.0. The molecule has 2 unspecified atom stereocenters. The molecule has 1 amide bonds. The van der Waals surface area contributed by atoms with Crippen molar-refractivity contribution in [3.05, 3.63) is 101 Å². The number of aryl methyl sites for hydroxylation is 2. The number of nitrogens with zero attached hydrogens (tertiary/aromatic N) is 7. The van der Waals surface area contributed by atoms with Crippen molar-refractivity contribution in [2.45, 2.75) is 148 Å². The number of carbonyl (C=O) groups is 1. The van der Waals surface area contributed by atoms with Crippen LogP contribution in [0.4, 0.5) is 28.4 Å². The molecule has 0 saturated carbocycles. The third-order valence-electron chi connectivity index (χ3n) is 12.5. The summed E-state index contributed by atoms with van der Waals surface area (Å²) in [7, 11) is 0. The number of fused-ring (bicyclic) bond motifs is 1. The summed E-state index contributed by atoms with van der Waals surface area (Å²) in [5.41, 5.74) is 7.12. The average molecular weight is 1050 g/mol. The van der Waals surface area contributed by atoms with E-state index >= 15 is 0 Å². The first-order valence-corrected chi connectivity index (χ1v) is 27.3. The average Bonchev–Trinajstić information content (AvgIpc) is 3.84. The molecule has 15 nitrogen and oxygen atoms in total. The maximum atomic E-state index is 14.0. The molecule has 74 heavy (non-hydrogen) atoms. The van der Waals surface area contributed by atoms with Crippen molar-refractivity contribution < 1.29 is 21.6 Å². The van der Waals surface area contributed by atoms with Crippen LogP contribution in [0.25, 0.3) is 11.4 Å². The highest BCUT2D eigenvalue weighted by Crippen LogP contribution is 2.41. The first kappa shape index (κ1) is 56.9. The molecule has 0 radical (unpaired) electrons. The van der Waals surface area contributed by atoms with E-state index in [-0.39, 0.29) is 33.4 Å². The van der Waals surface area contributed by atoms with E-state index in [1.165, 1.54) is 11.7 Å². The molecule has 2 heterocycles. The Labute approximate surface area is 444 Å². The minimum atomic E-state index is -2.09. The van der Waals surface area contributed by atoms with E-state index < -0.39 is 27.9 Å². The number of carbonyl (C=O) groups excluding carboxylic acids is 1. The van der Waals surface area contributed by atoms with Crippen molar-refractivity contribution in [3.8, 4) is 29.0 Å². The Hall–Kier alpha value is -6.38. The molecular formula is C57H76N10O5S2. The molecule has 0 aliphatic carbocycles. The molecule has 1 aliphatic rings. The Morgan fingerprint density at radius 3 is 1.74 bits per heavy atom. The largest absolute Gasteiger partial charge is 0.385 e. The van der Waals surface area contributed by atoms with E-state index in [4.69, 9.17) is 28.5 Å². The van der Waals surface area contributed by atoms with Crippen LogP contribution in [0.1, 0.15) is 151 Å². The summed E-state index contributed by atoms with van der Waals surface area (Å²) in [6.45, 7) is 36.6. The van der Waals surface area contributed by atoms with Gasteiger partial charge in [0, 0.05) is 36.7 Å². The molecule has 1 aromatic heterocycles. The Morgan fingerprint density at radius 1 is 0.757 bits per heavy atom. The van der Waals surface area contributed by atoms with Gasteiger partial charge in [-0.3, -0.25) is 14.2 Å². The van der Waals surface area contributed by atoms with Crippen molar-refractivity contribution in [2.75, 3.05) is 32.8 Å². The molecule has 5 aromatic rings. The van der Waals surface area contributed by atoms with Crippen LogP contribution in [0.5, 0.6) is 11.5 Å². The van der Waals surface area contributed by atoms with Crippen LogP contribution in [0.2, 0.25) is 0 Å². The summed E-state index contributed by atoms with van der Waals surface area (Å²) in [6, 6.07) is 25.0. The summed E-state index contributed by atoms with van der Waals surface area (Å²) in [5, 5.41) is 22.0. The monoisotopic (exact) mass is 1040 g/mol. The van der Waals surface area contributed by atoms with Crippen LogP contribution in [0, 0.1) is 41.4 Å².